The molecule has 1 heteroatoms. The van der Waals surface area contributed by atoms with Crippen molar-refractivity contribution in [3.63, 3.8) is 0 Å². The SMILES string of the molecule is c1ccc(-c2ccc(Nc3ccc4c(ccc5ccc6ccccc6c54)c3)cc2)cc1. The number of anilines is 2. The topological polar surface area (TPSA) is 12.0 Å². The van der Waals surface area contributed by atoms with Crippen LogP contribution >= 0.6 is 0 Å². The van der Waals surface area contributed by atoms with E-state index in [2.05, 4.69) is 121 Å². The van der Waals surface area contributed by atoms with Crippen molar-refractivity contribution in [2.75, 3.05) is 5.32 Å². The van der Waals surface area contributed by atoms with Crippen molar-refractivity contribution in [1.29, 1.82) is 0 Å². The fourth-order valence-electron chi connectivity index (χ4n) is 4.46. The monoisotopic (exact) mass is 395 g/mol. The maximum atomic E-state index is 3.56. The molecule has 0 radical (unpaired) electrons. The van der Waals surface area contributed by atoms with Gasteiger partial charge in [-0.1, -0.05) is 97.1 Å². The van der Waals surface area contributed by atoms with Crippen molar-refractivity contribution >= 4 is 43.7 Å². The lowest BCUT2D eigenvalue weighted by Gasteiger charge is -2.11. The molecule has 6 aromatic rings. The van der Waals surface area contributed by atoms with Crippen molar-refractivity contribution in [2.24, 2.45) is 0 Å². The lowest BCUT2D eigenvalue weighted by Crippen LogP contribution is -1.90. The summed E-state index contributed by atoms with van der Waals surface area (Å²) in [6.45, 7) is 0. The molecule has 0 bridgehead atoms. The van der Waals surface area contributed by atoms with Gasteiger partial charge in [0, 0.05) is 11.4 Å². The first-order valence-corrected chi connectivity index (χ1v) is 10.6. The van der Waals surface area contributed by atoms with Crippen LogP contribution in [-0.4, -0.2) is 0 Å². The Morgan fingerprint density at radius 2 is 1.00 bits per heavy atom. The Kier molecular flexibility index (Phi) is 4.18. The number of hydrogen-bond acceptors (Lipinski definition) is 1. The Bertz CT molecular complexity index is 1530. The first-order valence-electron chi connectivity index (χ1n) is 10.6. The summed E-state index contributed by atoms with van der Waals surface area (Å²) in [4.78, 5) is 0. The number of fused-ring (bicyclic) bond motifs is 5. The van der Waals surface area contributed by atoms with Crippen LogP contribution < -0.4 is 5.32 Å². The van der Waals surface area contributed by atoms with Gasteiger partial charge in [0.05, 0.1) is 0 Å². The van der Waals surface area contributed by atoms with Gasteiger partial charge in [-0.15, -0.1) is 0 Å². The van der Waals surface area contributed by atoms with Gasteiger partial charge in [-0.3, -0.25) is 0 Å². The highest BCUT2D eigenvalue weighted by molar-refractivity contribution is 6.20. The zero-order valence-electron chi connectivity index (χ0n) is 17.0. The average molecular weight is 396 g/mol. The van der Waals surface area contributed by atoms with E-state index in [-0.39, 0.29) is 0 Å². The second kappa shape index (κ2) is 7.30. The van der Waals surface area contributed by atoms with E-state index in [4.69, 9.17) is 0 Å². The van der Waals surface area contributed by atoms with Gasteiger partial charge in [0.15, 0.2) is 0 Å². The molecule has 6 rings (SSSR count). The van der Waals surface area contributed by atoms with Crippen LogP contribution in [-0.2, 0) is 0 Å². The quantitative estimate of drug-likeness (QED) is 0.296. The highest BCUT2D eigenvalue weighted by atomic mass is 14.9. The maximum Gasteiger partial charge on any atom is 0.0390 e. The third kappa shape index (κ3) is 3.21. The first-order chi connectivity index (χ1) is 15.3. The normalized spacial score (nSPS) is 11.2. The summed E-state index contributed by atoms with van der Waals surface area (Å²) in [6, 6.07) is 43.2. The lowest BCUT2D eigenvalue weighted by atomic mass is 9.96. The molecule has 6 aromatic carbocycles. The van der Waals surface area contributed by atoms with E-state index in [9.17, 15) is 0 Å². The molecule has 0 aliphatic rings. The molecule has 0 unspecified atom stereocenters. The predicted octanol–water partition coefficient (Wildman–Crippen LogP) is 8.56. The Balaban J connectivity index is 1.38. The molecular weight excluding hydrogens is 374 g/mol. The van der Waals surface area contributed by atoms with E-state index in [0.717, 1.165) is 11.4 Å². The van der Waals surface area contributed by atoms with Crippen molar-refractivity contribution in [3.8, 4) is 11.1 Å². The minimum Gasteiger partial charge on any atom is -0.356 e. The second-order valence-corrected chi connectivity index (χ2v) is 7.95. The molecule has 1 nitrogen and oxygen atoms in total. The van der Waals surface area contributed by atoms with Crippen LogP contribution in [0.15, 0.2) is 121 Å². The van der Waals surface area contributed by atoms with Gasteiger partial charge in [0.2, 0.25) is 0 Å². The summed E-state index contributed by atoms with van der Waals surface area (Å²) in [6.07, 6.45) is 0. The summed E-state index contributed by atoms with van der Waals surface area (Å²) < 4.78 is 0. The summed E-state index contributed by atoms with van der Waals surface area (Å²) in [5.74, 6) is 0. The molecule has 0 saturated heterocycles. The number of benzene rings is 6. The fourth-order valence-corrected chi connectivity index (χ4v) is 4.46. The molecule has 0 saturated carbocycles. The van der Waals surface area contributed by atoms with Gasteiger partial charge in [-0.05, 0) is 67.7 Å². The van der Waals surface area contributed by atoms with Gasteiger partial charge in [0.25, 0.3) is 0 Å². The van der Waals surface area contributed by atoms with Gasteiger partial charge in [0.1, 0.15) is 0 Å². The Hall–Kier alpha value is -4.10. The van der Waals surface area contributed by atoms with Crippen LogP contribution in [0.4, 0.5) is 11.4 Å². The van der Waals surface area contributed by atoms with Crippen LogP contribution in [0.2, 0.25) is 0 Å². The van der Waals surface area contributed by atoms with Crippen LogP contribution in [0, 0.1) is 0 Å². The van der Waals surface area contributed by atoms with Crippen molar-refractivity contribution < 1.29 is 0 Å². The summed E-state index contributed by atoms with van der Waals surface area (Å²) in [5.41, 5.74) is 4.65. The van der Waals surface area contributed by atoms with Crippen molar-refractivity contribution in [3.05, 3.63) is 121 Å². The molecule has 0 fully saturated rings. The minimum absolute atomic E-state index is 1.09. The Morgan fingerprint density at radius 1 is 0.387 bits per heavy atom. The van der Waals surface area contributed by atoms with Crippen LogP contribution in [0.1, 0.15) is 0 Å². The van der Waals surface area contributed by atoms with Crippen LogP contribution in [0.3, 0.4) is 0 Å². The van der Waals surface area contributed by atoms with Crippen molar-refractivity contribution in [2.45, 2.75) is 0 Å². The third-order valence-electron chi connectivity index (χ3n) is 6.01. The molecular formula is C30H21N. The van der Waals surface area contributed by atoms with Gasteiger partial charge < -0.3 is 5.32 Å². The smallest absolute Gasteiger partial charge is 0.0390 e. The standard InChI is InChI=1S/C30H21N/c1-2-6-21(7-3-1)22-14-16-26(17-15-22)31-27-18-19-29-25(20-27)13-12-24-11-10-23-8-4-5-9-28(23)30(24)29/h1-20,31H. The average Bonchev–Trinajstić information content (AvgIpc) is 2.84. The molecule has 1 N–H and O–H groups in total. The lowest BCUT2D eigenvalue weighted by molar-refractivity contribution is 1.55. The predicted molar refractivity (Wildman–Crippen MR) is 134 cm³/mol. The molecule has 0 atom stereocenters. The zero-order valence-corrected chi connectivity index (χ0v) is 17.0. The van der Waals surface area contributed by atoms with E-state index >= 15 is 0 Å². The molecule has 31 heavy (non-hydrogen) atoms. The molecule has 0 heterocycles. The van der Waals surface area contributed by atoms with Gasteiger partial charge in [-0.2, -0.15) is 0 Å². The molecule has 0 aliphatic carbocycles. The van der Waals surface area contributed by atoms with E-state index in [1.807, 2.05) is 6.07 Å². The summed E-state index contributed by atoms with van der Waals surface area (Å²) >= 11 is 0. The van der Waals surface area contributed by atoms with Gasteiger partial charge in [-0.25, -0.2) is 0 Å². The zero-order chi connectivity index (χ0) is 20.6. The number of rotatable bonds is 3. The van der Waals surface area contributed by atoms with Gasteiger partial charge >= 0.3 is 0 Å². The maximum absolute atomic E-state index is 3.56. The molecule has 0 aromatic heterocycles. The fraction of sp³-hybridized carbons (Fsp3) is 0. The van der Waals surface area contributed by atoms with Crippen LogP contribution in [0.25, 0.3) is 43.4 Å². The van der Waals surface area contributed by atoms with E-state index in [1.165, 1.54) is 43.4 Å². The van der Waals surface area contributed by atoms with E-state index in [0.29, 0.717) is 0 Å². The third-order valence-corrected chi connectivity index (χ3v) is 6.01. The largest absolute Gasteiger partial charge is 0.356 e. The molecule has 0 spiro atoms. The van der Waals surface area contributed by atoms with E-state index < -0.39 is 0 Å². The summed E-state index contributed by atoms with van der Waals surface area (Å²) in [7, 11) is 0. The highest BCUT2D eigenvalue weighted by Gasteiger charge is 2.06. The second-order valence-electron chi connectivity index (χ2n) is 7.95. The number of hydrogen-bond donors (Lipinski definition) is 1. The molecule has 0 aliphatic heterocycles. The molecule has 146 valence electrons. The number of nitrogens with one attached hydrogen (secondary N) is 1. The van der Waals surface area contributed by atoms with Crippen molar-refractivity contribution in [1.82, 2.24) is 0 Å². The Morgan fingerprint density at radius 3 is 1.84 bits per heavy atom. The van der Waals surface area contributed by atoms with Crippen LogP contribution in [0.5, 0.6) is 0 Å². The summed E-state index contributed by atoms with van der Waals surface area (Å²) in [5, 5.41) is 11.3. The first kappa shape index (κ1) is 17.7. The Labute approximate surface area is 181 Å². The molecule has 0 amide bonds. The highest BCUT2D eigenvalue weighted by Crippen LogP contribution is 2.34. The minimum atomic E-state index is 1.09. The van der Waals surface area contributed by atoms with E-state index in [1.54, 1.807) is 0 Å².